The van der Waals surface area contributed by atoms with Gasteiger partial charge in [0.15, 0.2) is 0 Å². The van der Waals surface area contributed by atoms with E-state index in [1.54, 1.807) is 0 Å². The molecule has 0 amide bonds. The molecule has 0 spiro atoms. The van der Waals surface area contributed by atoms with Crippen molar-refractivity contribution in [2.75, 3.05) is 13.2 Å². The summed E-state index contributed by atoms with van der Waals surface area (Å²) >= 11 is 0. The molecule has 0 N–H and O–H groups in total. The molecule has 31 heavy (non-hydrogen) atoms. The van der Waals surface area contributed by atoms with Crippen LogP contribution in [0.15, 0.2) is 43.1 Å². The second-order valence-electron chi connectivity index (χ2n) is 10.2. The van der Waals surface area contributed by atoms with Gasteiger partial charge in [0.25, 0.3) is 0 Å². The molecule has 0 aliphatic heterocycles. The van der Waals surface area contributed by atoms with Crippen molar-refractivity contribution in [3.05, 3.63) is 54.4 Å². The van der Waals surface area contributed by atoms with Crippen LogP contribution in [0.5, 0.6) is 0 Å². The lowest BCUT2D eigenvalue weighted by atomic mass is 9.65. The molecule has 1 aromatic rings. The van der Waals surface area contributed by atoms with Crippen LogP contribution in [0.4, 0.5) is 0 Å². The van der Waals surface area contributed by atoms with Crippen LogP contribution >= 0.6 is 0 Å². The van der Waals surface area contributed by atoms with E-state index in [1.165, 1.54) is 42.5 Å². The third kappa shape index (κ3) is 9.73. The molecule has 1 aliphatic rings. The summed E-state index contributed by atoms with van der Waals surface area (Å²) in [4.78, 5) is 4.70. The minimum atomic E-state index is 0. The highest BCUT2D eigenvalue weighted by Crippen LogP contribution is 2.43. The Bertz CT molecular complexity index is 637. The minimum absolute atomic E-state index is 0. The van der Waals surface area contributed by atoms with E-state index in [0.717, 1.165) is 25.6 Å². The monoisotopic (exact) mass is 429 g/mol. The van der Waals surface area contributed by atoms with Crippen LogP contribution in [-0.2, 0) is 11.2 Å². The number of aromatic nitrogens is 1. The van der Waals surface area contributed by atoms with Crippen LogP contribution < -0.4 is 0 Å². The van der Waals surface area contributed by atoms with E-state index in [4.69, 9.17) is 9.72 Å². The summed E-state index contributed by atoms with van der Waals surface area (Å²) in [5, 5.41) is 0. The third-order valence-electron chi connectivity index (χ3n) is 6.74. The molecule has 0 saturated heterocycles. The quantitative estimate of drug-likeness (QED) is 0.275. The first kappa shape index (κ1) is 27.6. The molecule has 4 atom stereocenters. The fourth-order valence-corrected chi connectivity index (χ4v) is 4.68. The molecule has 2 rings (SSSR count). The second-order valence-corrected chi connectivity index (χ2v) is 10.2. The zero-order chi connectivity index (χ0) is 23.4. The van der Waals surface area contributed by atoms with Gasteiger partial charge in [-0.15, -0.1) is 6.58 Å². The van der Waals surface area contributed by atoms with Gasteiger partial charge in [0.1, 0.15) is 0 Å². The maximum Gasteiger partial charge on any atom is 0.0468 e. The van der Waals surface area contributed by atoms with Gasteiger partial charge in [-0.3, -0.25) is 4.98 Å². The van der Waals surface area contributed by atoms with Gasteiger partial charge in [-0.05, 0) is 86.7 Å². The molecule has 178 valence electrons. The van der Waals surface area contributed by atoms with Crippen molar-refractivity contribution in [2.24, 2.45) is 29.6 Å². The molecule has 1 heterocycles. The van der Waals surface area contributed by atoms with Crippen LogP contribution in [-0.4, -0.2) is 18.2 Å². The Morgan fingerprint density at radius 2 is 1.94 bits per heavy atom. The maximum absolute atomic E-state index is 5.14. The van der Waals surface area contributed by atoms with E-state index in [1.807, 2.05) is 6.92 Å². The van der Waals surface area contributed by atoms with E-state index >= 15 is 0 Å². The highest BCUT2D eigenvalue weighted by Gasteiger charge is 2.34. The Morgan fingerprint density at radius 1 is 1.23 bits per heavy atom. The number of hydrogen-bond donors (Lipinski definition) is 0. The van der Waals surface area contributed by atoms with Crippen molar-refractivity contribution in [3.63, 3.8) is 0 Å². The highest BCUT2D eigenvalue weighted by atomic mass is 16.5. The van der Waals surface area contributed by atoms with Gasteiger partial charge in [0, 0.05) is 26.5 Å². The largest absolute Gasteiger partial charge is 0.382 e. The van der Waals surface area contributed by atoms with Crippen molar-refractivity contribution < 1.29 is 6.16 Å². The number of ether oxygens (including phenoxy) is 1. The lowest BCUT2D eigenvalue weighted by Gasteiger charge is -2.40. The summed E-state index contributed by atoms with van der Waals surface area (Å²) in [5.74, 6) is 3.86. The van der Waals surface area contributed by atoms with E-state index in [2.05, 4.69) is 79.1 Å². The Hall–Kier alpha value is -1.41. The van der Waals surface area contributed by atoms with Gasteiger partial charge < -0.3 is 4.74 Å². The average Bonchev–Trinajstić information content (AvgIpc) is 2.73. The summed E-state index contributed by atoms with van der Waals surface area (Å²) in [7, 11) is 0. The summed E-state index contributed by atoms with van der Waals surface area (Å²) in [6, 6.07) is 4.45. The van der Waals surface area contributed by atoms with Gasteiger partial charge in [-0.25, -0.2) is 0 Å². The number of nitrogens with zero attached hydrogens (tertiary/aromatic N) is 1. The molecular weight excluding hydrogens is 378 g/mol. The van der Waals surface area contributed by atoms with E-state index < -0.39 is 0 Å². The Kier molecular flexibility index (Phi) is 13.0. The first-order chi connectivity index (χ1) is 14.7. The van der Waals surface area contributed by atoms with Crippen molar-refractivity contribution in [2.45, 2.75) is 86.5 Å². The highest BCUT2D eigenvalue weighted by molar-refractivity contribution is 5.17. The second kappa shape index (κ2) is 14.6. The molecular formula is C29H51NO. The zero-order valence-electron chi connectivity index (χ0n) is 21.5. The van der Waals surface area contributed by atoms with Crippen LogP contribution in [0.2, 0.25) is 0 Å². The van der Waals surface area contributed by atoms with E-state index in [0.29, 0.717) is 29.6 Å². The molecule has 1 saturated carbocycles. The SMILES string of the molecule is C=C[C@H]1[C@@H](C(C)Cc2ccc(C(C)C)cn2)CCC[C@H]1C(=C)C.CCOCCC(C)C.[HH]. The molecule has 2 heteroatoms. The normalized spacial score (nSPS) is 22.0. The summed E-state index contributed by atoms with van der Waals surface area (Å²) in [6.45, 7) is 25.6. The van der Waals surface area contributed by atoms with Crippen molar-refractivity contribution in [3.8, 4) is 0 Å². The smallest absolute Gasteiger partial charge is 0.0468 e. The minimum Gasteiger partial charge on any atom is -0.382 e. The van der Waals surface area contributed by atoms with Gasteiger partial charge in [0.2, 0.25) is 0 Å². The lowest BCUT2D eigenvalue weighted by Crippen LogP contribution is -2.32. The molecule has 1 aliphatic carbocycles. The number of hydrogen-bond acceptors (Lipinski definition) is 2. The molecule has 0 aromatic carbocycles. The first-order valence-electron chi connectivity index (χ1n) is 12.5. The van der Waals surface area contributed by atoms with E-state index in [9.17, 15) is 0 Å². The maximum atomic E-state index is 5.14. The predicted octanol–water partition coefficient (Wildman–Crippen LogP) is 8.49. The summed E-state index contributed by atoms with van der Waals surface area (Å²) < 4.78 is 5.14. The molecule has 1 unspecified atom stereocenters. The van der Waals surface area contributed by atoms with Crippen molar-refractivity contribution >= 4 is 0 Å². The van der Waals surface area contributed by atoms with Crippen LogP contribution in [0.1, 0.15) is 92.8 Å². The van der Waals surface area contributed by atoms with Crippen molar-refractivity contribution in [1.29, 1.82) is 0 Å². The first-order valence-corrected chi connectivity index (χ1v) is 12.5. The standard InChI is InChI=1S/C22H33N.C7H16O.H2/c1-7-20-21(16(4)5)9-8-10-22(20)17(6)13-19-12-11-18(14-23-19)15(2)3;1-4-8-6-5-7(2)3;/h7,11-12,14-15,17,20-22H,1,4,8-10,13H2,2-3,5-6H3;7H,4-6H2,1-3H3;1H/t17?,20-,21+,22-;;/m1../s1. The predicted molar refractivity (Wildman–Crippen MR) is 139 cm³/mol. The topological polar surface area (TPSA) is 22.1 Å². The Balaban J connectivity index is 0.000000917. The number of pyridine rings is 1. The van der Waals surface area contributed by atoms with Crippen LogP contribution in [0, 0.1) is 29.6 Å². The lowest BCUT2D eigenvalue weighted by molar-refractivity contribution is 0.136. The van der Waals surface area contributed by atoms with Gasteiger partial charge in [-0.2, -0.15) is 0 Å². The average molecular weight is 430 g/mol. The van der Waals surface area contributed by atoms with Crippen LogP contribution in [0.3, 0.4) is 0 Å². The van der Waals surface area contributed by atoms with Crippen LogP contribution in [0.25, 0.3) is 0 Å². The van der Waals surface area contributed by atoms with E-state index in [-0.39, 0.29) is 1.43 Å². The Morgan fingerprint density at radius 3 is 2.42 bits per heavy atom. The van der Waals surface area contributed by atoms with Crippen molar-refractivity contribution in [1.82, 2.24) is 4.98 Å². The van der Waals surface area contributed by atoms with Gasteiger partial charge in [0.05, 0.1) is 0 Å². The zero-order valence-corrected chi connectivity index (χ0v) is 21.5. The summed E-state index contributed by atoms with van der Waals surface area (Å²) in [6.07, 6.45) is 10.4. The Labute approximate surface area is 195 Å². The van der Waals surface area contributed by atoms with Gasteiger partial charge >= 0.3 is 0 Å². The van der Waals surface area contributed by atoms with Gasteiger partial charge in [-0.1, -0.05) is 65.3 Å². The fraction of sp³-hybridized carbons (Fsp3) is 0.690. The summed E-state index contributed by atoms with van der Waals surface area (Å²) in [5.41, 5.74) is 3.87. The molecule has 0 radical (unpaired) electrons. The molecule has 1 fully saturated rings. The molecule has 2 nitrogen and oxygen atoms in total. The fourth-order valence-electron chi connectivity index (χ4n) is 4.68. The number of rotatable bonds is 10. The third-order valence-corrected chi connectivity index (χ3v) is 6.74. The number of allylic oxidation sites excluding steroid dienone is 2. The molecule has 1 aromatic heterocycles. The molecule has 0 bridgehead atoms.